The summed E-state index contributed by atoms with van der Waals surface area (Å²) in [5, 5.41) is 13.0. The van der Waals surface area contributed by atoms with E-state index < -0.39 is 0 Å². The Kier molecular flexibility index (Phi) is 4.54. The summed E-state index contributed by atoms with van der Waals surface area (Å²) in [4.78, 5) is 18.8. The lowest BCUT2D eigenvalue weighted by Gasteiger charge is -2.21. The molecule has 1 saturated heterocycles. The van der Waals surface area contributed by atoms with Gasteiger partial charge in [-0.25, -0.2) is 4.98 Å². The van der Waals surface area contributed by atoms with E-state index in [0.29, 0.717) is 11.4 Å². The van der Waals surface area contributed by atoms with Gasteiger partial charge in [0.15, 0.2) is 5.13 Å². The van der Waals surface area contributed by atoms with Crippen molar-refractivity contribution in [2.24, 2.45) is 0 Å². The molecule has 2 N–H and O–H groups in total. The van der Waals surface area contributed by atoms with Gasteiger partial charge in [0, 0.05) is 13.1 Å². The van der Waals surface area contributed by atoms with E-state index in [9.17, 15) is 9.90 Å². The second-order valence-corrected chi connectivity index (χ2v) is 5.44. The van der Waals surface area contributed by atoms with E-state index >= 15 is 0 Å². The summed E-state index contributed by atoms with van der Waals surface area (Å²) >= 11 is 1.40. The Bertz CT molecular complexity index is 408. The third-order valence-corrected chi connectivity index (χ3v) is 4.12. The van der Waals surface area contributed by atoms with E-state index in [1.807, 2.05) is 6.92 Å². The summed E-state index contributed by atoms with van der Waals surface area (Å²) < 4.78 is 0. The number of thiazole rings is 1. The molecule has 100 valence electrons. The van der Waals surface area contributed by atoms with Gasteiger partial charge < -0.3 is 15.3 Å². The summed E-state index contributed by atoms with van der Waals surface area (Å²) in [5.74, 6) is -0.0552. The molecule has 1 amide bonds. The third kappa shape index (κ3) is 2.81. The van der Waals surface area contributed by atoms with Crippen LogP contribution in [0.2, 0.25) is 0 Å². The second-order valence-electron chi connectivity index (χ2n) is 4.44. The van der Waals surface area contributed by atoms with Crippen LogP contribution >= 0.6 is 11.3 Å². The van der Waals surface area contributed by atoms with Crippen LogP contribution in [0.15, 0.2) is 6.20 Å². The largest absolute Gasteiger partial charge is 0.394 e. The predicted octanol–water partition coefficient (Wildman–Crippen LogP) is 1.24. The number of aromatic nitrogens is 1. The zero-order chi connectivity index (χ0) is 13.0. The van der Waals surface area contributed by atoms with E-state index in [4.69, 9.17) is 0 Å². The van der Waals surface area contributed by atoms with Crippen molar-refractivity contribution in [2.45, 2.75) is 32.2 Å². The minimum atomic E-state index is -0.0552. The predicted molar refractivity (Wildman–Crippen MR) is 72.2 cm³/mol. The molecule has 1 fully saturated rings. The first kappa shape index (κ1) is 13.3. The molecule has 5 nitrogen and oxygen atoms in total. The van der Waals surface area contributed by atoms with E-state index in [-0.39, 0.29) is 18.6 Å². The van der Waals surface area contributed by atoms with Crippen LogP contribution in [-0.2, 0) is 0 Å². The highest BCUT2D eigenvalue weighted by Gasteiger charge is 2.26. The number of hydrogen-bond acceptors (Lipinski definition) is 5. The van der Waals surface area contributed by atoms with Gasteiger partial charge in [-0.05, 0) is 19.3 Å². The van der Waals surface area contributed by atoms with E-state index in [2.05, 4.69) is 15.2 Å². The van der Waals surface area contributed by atoms with Gasteiger partial charge in [-0.3, -0.25) is 4.79 Å². The van der Waals surface area contributed by atoms with E-state index in [0.717, 1.165) is 30.9 Å². The molecule has 0 saturated carbocycles. The summed E-state index contributed by atoms with van der Waals surface area (Å²) in [6.07, 6.45) is 4.61. The Morgan fingerprint density at radius 3 is 3.28 bits per heavy atom. The summed E-state index contributed by atoms with van der Waals surface area (Å²) in [6.45, 7) is 3.77. The molecule has 1 aromatic heterocycles. The molecule has 1 aliphatic rings. The van der Waals surface area contributed by atoms with Crippen molar-refractivity contribution in [3.8, 4) is 0 Å². The number of nitrogens with one attached hydrogen (secondary N) is 1. The van der Waals surface area contributed by atoms with Crippen molar-refractivity contribution in [3.63, 3.8) is 0 Å². The quantitative estimate of drug-likeness (QED) is 0.844. The van der Waals surface area contributed by atoms with Crippen molar-refractivity contribution >= 4 is 22.4 Å². The lowest BCUT2D eigenvalue weighted by molar-refractivity contribution is 0.0957. The van der Waals surface area contributed by atoms with Crippen LogP contribution in [0.3, 0.4) is 0 Å². The number of anilines is 1. The van der Waals surface area contributed by atoms with Crippen molar-refractivity contribution in [2.75, 3.05) is 24.6 Å². The standard InChI is InChI=1S/C12H19N3O2S/c1-2-5-13-11(17)10-7-14-12(18-10)15-6-3-4-9(15)8-16/h7,9,16H,2-6,8H2,1H3,(H,13,17). The molecule has 18 heavy (non-hydrogen) atoms. The molecule has 0 aliphatic carbocycles. The fraction of sp³-hybridized carbons (Fsp3) is 0.667. The van der Waals surface area contributed by atoms with Crippen LogP contribution < -0.4 is 10.2 Å². The highest BCUT2D eigenvalue weighted by molar-refractivity contribution is 7.17. The van der Waals surface area contributed by atoms with Gasteiger partial charge in [-0.1, -0.05) is 18.3 Å². The topological polar surface area (TPSA) is 65.5 Å². The molecule has 1 unspecified atom stereocenters. The Balaban J connectivity index is 2.03. The number of amides is 1. The first-order chi connectivity index (χ1) is 8.76. The molecule has 0 radical (unpaired) electrons. The number of aliphatic hydroxyl groups is 1. The molecule has 2 heterocycles. The number of nitrogens with zero attached hydrogens (tertiary/aromatic N) is 2. The minimum absolute atomic E-state index is 0.0552. The maximum atomic E-state index is 11.8. The first-order valence-electron chi connectivity index (χ1n) is 6.37. The normalized spacial score (nSPS) is 19.2. The van der Waals surface area contributed by atoms with Crippen LogP contribution in [0.4, 0.5) is 5.13 Å². The molecular weight excluding hydrogens is 250 g/mol. The zero-order valence-corrected chi connectivity index (χ0v) is 11.4. The minimum Gasteiger partial charge on any atom is -0.394 e. The third-order valence-electron chi connectivity index (χ3n) is 3.09. The van der Waals surface area contributed by atoms with Crippen LogP contribution in [0, 0.1) is 0 Å². The van der Waals surface area contributed by atoms with Gasteiger partial charge in [-0.15, -0.1) is 0 Å². The molecule has 2 rings (SSSR count). The molecular formula is C12H19N3O2S. The van der Waals surface area contributed by atoms with Crippen molar-refractivity contribution in [1.82, 2.24) is 10.3 Å². The molecule has 1 aromatic rings. The van der Waals surface area contributed by atoms with Gasteiger partial charge >= 0.3 is 0 Å². The van der Waals surface area contributed by atoms with Crippen LogP contribution in [-0.4, -0.2) is 41.7 Å². The molecule has 1 atom stereocenters. The highest BCUT2D eigenvalue weighted by Crippen LogP contribution is 2.29. The molecule has 0 aromatic carbocycles. The fourth-order valence-corrected chi connectivity index (χ4v) is 3.04. The number of carbonyl (C=O) groups is 1. The summed E-state index contributed by atoms with van der Waals surface area (Å²) in [6, 6.07) is 0.155. The average molecular weight is 269 g/mol. The number of rotatable bonds is 5. The van der Waals surface area contributed by atoms with E-state index in [1.165, 1.54) is 11.3 Å². The number of aliphatic hydroxyl groups excluding tert-OH is 1. The molecule has 6 heteroatoms. The Morgan fingerprint density at radius 1 is 1.72 bits per heavy atom. The van der Waals surface area contributed by atoms with Gasteiger partial charge in [0.2, 0.25) is 0 Å². The monoisotopic (exact) mass is 269 g/mol. The smallest absolute Gasteiger partial charge is 0.263 e. The average Bonchev–Trinajstić information content (AvgIpc) is 3.02. The van der Waals surface area contributed by atoms with Crippen LogP contribution in [0.5, 0.6) is 0 Å². The summed E-state index contributed by atoms with van der Waals surface area (Å²) in [7, 11) is 0. The number of carbonyl (C=O) groups excluding carboxylic acids is 1. The van der Waals surface area contributed by atoms with Crippen molar-refractivity contribution in [1.29, 1.82) is 0 Å². The van der Waals surface area contributed by atoms with Crippen molar-refractivity contribution < 1.29 is 9.90 Å². The second kappa shape index (κ2) is 6.15. The SMILES string of the molecule is CCCNC(=O)c1cnc(N2CCCC2CO)s1. The maximum absolute atomic E-state index is 11.8. The van der Waals surface area contributed by atoms with Crippen molar-refractivity contribution in [3.05, 3.63) is 11.1 Å². The zero-order valence-electron chi connectivity index (χ0n) is 10.6. The Morgan fingerprint density at radius 2 is 2.56 bits per heavy atom. The fourth-order valence-electron chi connectivity index (χ4n) is 2.11. The van der Waals surface area contributed by atoms with Crippen LogP contribution in [0.1, 0.15) is 35.9 Å². The summed E-state index contributed by atoms with van der Waals surface area (Å²) in [5.41, 5.74) is 0. The van der Waals surface area contributed by atoms with Gasteiger partial charge in [0.1, 0.15) is 4.88 Å². The Labute approximate surface area is 111 Å². The molecule has 0 spiro atoms. The maximum Gasteiger partial charge on any atom is 0.263 e. The van der Waals surface area contributed by atoms with E-state index in [1.54, 1.807) is 6.20 Å². The molecule has 1 aliphatic heterocycles. The van der Waals surface area contributed by atoms with Gasteiger partial charge in [0.05, 0.1) is 18.8 Å². The highest BCUT2D eigenvalue weighted by atomic mass is 32.1. The van der Waals surface area contributed by atoms with Crippen LogP contribution in [0.25, 0.3) is 0 Å². The molecule has 0 bridgehead atoms. The Hall–Kier alpha value is -1.14. The lowest BCUT2D eigenvalue weighted by atomic mass is 10.2. The van der Waals surface area contributed by atoms with Gasteiger partial charge in [0.25, 0.3) is 5.91 Å². The number of hydrogen-bond donors (Lipinski definition) is 2. The lowest BCUT2D eigenvalue weighted by Crippen LogP contribution is -2.31. The van der Waals surface area contributed by atoms with Gasteiger partial charge in [-0.2, -0.15) is 0 Å². The first-order valence-corrected chi connectivity index (χ1v) is 7.19.